The molecule has 0 aliphatic rings. The van der Waals surface area contributed by atoms with E-state index >= 15 is 0 Å². The number of amidine groups is 1. The normalized spacial score (nSPS) is 14.7. The number of anilines is 1. The van der Waals surface area contributed by atoms with Gasteiger partial charge in [-0.3, -0.25) is 4.99 Å². The zero-order chi connectivity index (χ0) is 21.6. The Morgan fingerprint density at radius 1 is 1.48 bits per heavy atom. The summed E-state index contributed by atoms with van der Waals surface area (Å²) >= 11 is 3.49. The van der Waals surface area contributed by atoms with Crippen molar-refractivity contribution in [3.63, 3.8) is 0 Å². The fourth-order valence-corrected chi connectivity index (χ4v) is 3.64. The van der Waals surface area contributed by atoms with Crippen molar-refractivity contribution in [1.82, 2.24) is 5.32 Å². The number of nitrogens with zero attached hydrogens (tertiary/aromatic N) is 1. The van der Waals surface area contributed by atoms with Gasteiger partial charge in [0.25, 0.3) is 0 Å². The lowest BCUT2D eigenvalue weighted by atomic mass is 10.1. The second kappa shape index (κ2) is 9.91. The summed E-state index contributed by atoms with van der Waals surface area (Å²) < 4.78 is 26.2. The number of ether oxygens (including phenoxy) is 1. The number of hydrogen-bond acceptors (Lipinski definition) is 6. The van der Waals surface area contributed by atoms with Crippen LogP contribution in [0.15, 0.2) is 63.5 Å². The Morgan fingerprint density at radius 2 is 2.21 bits per heavy atom. The number of benzene rings is 2. The maximum Gasteiger partial charge on any atom is 0.136 e. The second-order valence-corrected chi connectivity index (χ2v) is 9.52. The van der Waals surface area contributed by atoms with Crippen molar-refractivity contribution in [1.29, 1.82) is 4.78 Å². The molecule has 2 aromatic carbocycles. The predicted molar refractivity (Wildman–Crippen MR) is 121 cm³/mol. The zero-order valence-corrected chi connectivity index (χ0v) is 18.7. The largest absolute Gasteiger partial charge is 0.488 e. The van der Waals surface area contributed by atoms with Crippen molar-refractivity contribution in [2.24, 2.45) is 4.99 Å². The first-order valence-electron chi connectivity index (χ1n) is 8.76. The van der Waals surface area contributed by atoms with E-state index in [0.717, 1.165) is 5.56 Å². The number of nitrogens with two attached hydrogens (primary N) is 1. The van der Waals surface area contributed by atoms with Gasteiger partial charge in [0.1, 0.15) is 18.2 Å². The van der Waals surface area contributed by atoms with E-state index in [0.29, 0.717) is 32.2 Å². The van der Waals surface area contributed by atoms with Crippen LogP contribution in [0.5, 0.6) is 5.75 Å². The van der Waals surface area contributed by atoms with Crippen molar-refractivity contribution in [2.75, 3.05) is 18.6 Å². The molecule has 2 atom stereocenters. The number of aliphatic hydroxyl groups is 1. The molecule has 2 rings (SSSR count). The Kier molecular flexibility index (Phi) is 7.83. The lowest BCUT2D eigenvalue weighted by molar-refractivity contribution is 0.274. The molecule has 0 fully saturated rings. The molecule has 29 heavy (non-hydrogen) atoms. The highest BCUT2D eigenvalue weighted by Gasteiger charge is 2.14. The summed E-state index contributed by atoms with van der Waals surface area (Å²) in [4.78, 5) is 4.87. The van der Waals surface area contributed by atoms with Gasteiger partial charge in [-0.1, -0.05) is 18.7 Å². The Hall–Kier alpha value is -2.36. The molecule has 0 saturated carbocycles. The van der Waals surface area contributed by atoms with Gasteiger partial charge in [-0.05, 0) is 52.8 Å². The first kappa shape index (κ1) is 22.9. The SMILES string of the molecule is C=CNC(=NC(C)CO)c1cc(Br)c(OCc2cccc(S(C)(=N)=O)c2)cc1N. The third-order valence-corrected chi connectivity index (χ3v) is 5.73. The smallest absolute Gasteiger partial charge is 0.136 e. The van der Waals surface area contributed by atoms with Gasteiger partial charge in [0.2, 0.25) is 0 Å². The third-order valence-electron chi connectivity index (χ3n) is 3.95. The van der Waals surface area contributed by atoms with E-state index in [1.807, 2.05) is 6.07 Å². The molecule has 0 bridgehead atoms. The number of rotatable bonds is 8. The van der Waals surface area contributed by atoms with Gasteiger partial charge in [0, 0.05) is 28.5 Å². The van der Waals surface area contributed by atoms with Crippen LogP contribution in [0.4, 0.5) is 5.69 Å². The molecule has 0 aliphatic heterocycles. The Labute approximate surface area is 179 Å². The molecule has 0 aromatic heterocycles. The van der Waals surface area contributed by atoms with E-state index in [2.05, 4.69) is 32.8 Å². The van der Waals surface area contributed by atoms with Gasteiger partial charge in [-0.25, -0.2) is 8.99 Å². The van der Waals surface area contributed by atoms with E-state index in [-0.39, 0.29) is 19.3 Å². The van der Waals surface area contributed by atoms with Gasteiger partial charge in [-0.2, -0.15) is 0 Å². The standard InChI is InChI=1S/C20H25BrN4O3S/c1-4-24-20(25-13(2)11-26)16-9-17(21)19(10-18(16)22)28-12-14-6-5-7-15(8-14)29(3,23)27/h4-10,13,23,26H,1,11-12,22H2,2-3H3,(H,24,25). The summed E-state index contributed by atoms with van der Waals surface area (Å²) in [5, 5.41) is 12.2. The van der Waals surface area contributed by atoms with Crippen molar-refractivity contribution in [2.45, 2.75) is 24.5 Å². The predicted octanol–water partition coefficient (Wildman–Crippen LogP) is 3.51. The minimum atomic E-state index is -2.79. The van der Waals surface area contributed by atoms with Crippen LogP contribution in [0.2, 0.25) is 0 Å². The van der Waals surface area contributed by atoms with Crippen molar-refractivity contribution in [3.8, 4) is 5.75 Å². The highest BCUT2D eigenvalue weighted by Crippen LogP contribution is 2.31. The van der Waals surface area contributed by atoms with Gasteiger partial charge in [-0.15, -0.1) is 0 Å². The van der Waals surface area contributed by atoms with Crippen LogP contribution in [-0.2, 0) is 16.3 Å². The molecule has 156 valence electrons. The molecular weight excluding hydrogens is 456 g/mol. The van der Waals surface area contributed by atoms with Crippen LogP contribution in [0, 0.1) is 4.78 Å². The first-order chi connectivity index (χ1) is 13.7. The Bertz CT molecular complexity index is 1020. The van der Waals surface area contributed by atoms with Crippen LogP contribution >= 0.6 is 15.9 Å². The fraction of sp³-hybridized carbons (Fsp3) is 0.250. The summed E-state index contributed by atoms with van der Waals surface area (Å²) in [7, 11) is -2.79. The number of hydrogen-bond donors (Lipinski definition) is 4. The summed E-state index contributed by atoms with van der Waals surface area (Å²) in [5.74, 6) is 1.03. The minimum Gasteiger partial charge on any atom is -0.488 e. The fourth-order valence-electron chi connectivity index (χ4n) is 2.47. The average molecular weight is 481 g/mol. The summed E-state index contributed by atoms with van der Waals surface area (Å²) in [6, 6.07) is 10.1. The lowest BCUT2D eigenvalue weighted by Crippen LogP contribution is -2.23. The van der Waals surface area contributed by atoms with Gasteiger partial charge in [0.05, 0.1) is 26.9 Å². The third kappa shape index (κ3) is 6.31. The molecule has 5 N–H and O–H groups in total. The quantitative estimate of drug-likeness (QED) is 0.261. The first-order valence-corrected chi connectivity index (χ1v) is 11.5. The topological polar surface area (TPSA) is 121 Å². The minimum absolute atomic E-state index is 0.0912. The molecule has 2 unspecified atom stereocenters. The monoisotopic (exact) mass is 480 g/mol. The maximum atomic E-state index is 11.9. The Balaban J connectivity index is 2.27. The lowest BCUT2D eigenvalue weighted by Gasteiger charge is -2.15. The van der Waals surface area contributed by atoms with E-state index in [4.69, 9.17) is 15.3 Å². The molecule has 0 aliphatic carbocycles. The molecule has 7 nitrogen and oxygen atoms in total. The van der Waals surface area contributed by atoms with Crippen molar-refractivity contribution in [3.05, 3.63) is 64.8 Å². The maximum absolute atomic E-state index is 11.9. The van der Waals surface area contributed by atoms with Crippen LogP contribution in [0.3, 0.4) is 0 Å². The van der Waals surface area contributed by atoms with Gasteiger partial charge in [0.15, 0.2) is 0 Å². The van der Waals surface area contributed by atoms with Gasteiger partial charge >= 0.3 is 0 Å². The molecular formula is C20H25BrN4O3S. The Morgan fingerprint density at radius 3 is 2.83 bits per heavy atom. The van der Waals surface area contributed by atoms with E-state index in [9.17, 15) is 9.32 Å². The van der Waals surface area contributed by atoms with Crippen molar-refractivity contribution >= 4 is 37.2 Å². The van der Waals surface area contributed by atoms with Crippen LogP contribution < -0.4 is 15.8 Å². The van der Waals surface area contributed by atoms with Gasteiger partial charge < -0.3 is 20.9 Å². The summed E-state index contributed by atoms with van der Waals surface area (Å²) in [5.41, 5.74) is 8.09. The van der Waals surface area contributed by atoms with E-state index in [1.165, 1.54) is 12.5 Å². The number of nitrogen functional groups attached to an aromatic ring is 1. The molecule has 9 heteroatoms. The molecule has 0 saturated heterocycles. The van der Waals surface area contributed by atoms with E-state index in [1.54, 1.807) is 37.3 Å². The zero-order valence-electron chi connectivity index (χ0n) is 16.3. The molecule has 0 spiro atoms. The molecule has 0 radical (unpaired) electrons. The van der Waals surface area contributed by atoms with Crippen molar-refractivity contribution < 1.29 is 14.1 Å². The summed E-state index contributed by atoms with van der Waals surface area (Å²) in [6.45, 7) is 5.57. The van der Waals surface area contributed by atoms with E-state index < -0.39 is 9.73 Å². The number of aliphatic imine (C=N–C) groups is 1. The highest BCUT2D eigenvalue weighted by molar-refractivity contribution is 9.10. The number of halogens is 1. The van der Waals surface area contributed by atoms with Crippen LogP contribution in [-0.4, -0.2) is 34.1 Å². The van der Waals surface area contributed by atoms with Crippen LogP contribution in [0.25, 0.3) is 0 Å². The molecule has 0 amide bonds. The highest BCUT2D eigenvalue weighted by atomic mass is 79.9. The average Bonchev–Trinajstić information content (AvgIpc) is 2.67. The summed E-state index contributed by atoms with van der Waals surface area (Å²) in [6.07, 6.45) is 2.88. The number of aliphatic hydroxyl groups excluding tert-OH is 1. The molecule has 0 heterocycles. The number of nitrogens with one attached hydrogen (secondary N) is 2. The van der Waals surface area contributed by atoms with Crippen LogP contribution in [0.1, 0.15) is 18.1 Å². The molecule has 2 aromatic rings. The second-order valence-electron chi connectivity index (χ2n) is 6.51.